The first-order valence-corrected chi connectivity index (χ1v) is 10.2. The highest BCUT2D eigenvalue weighted by Crippen LogP contribution is 2.33. The van der Waals surface area contributed by atoms with E-state index in [1.54, 1.807) is 25.1 Å². The van der Waals surface area contributed by atoms with Gasteiger partial charge in [0.1, 0.15) is 12.3 Å². The lowest BCUT2D eigenvalue weighted by molar-refractivity contribution is -0.125. The van der Waals surface area contributed by atoms with Gasteiger partial charge in [-0.3, -0.25) is 19.3 Å². The number of halogens is 1. The first-order chi connectivity index (χ1) is 14.9. The zero-order valence-corrected chi connectivity index (χ0v) is 17.2. The first kappa shape index (κ1) is 20.8. The molecule has 0 saturated heterocycles. The molecule has 1 N–H and O–H groups in total. The average molecular weight is 426 g/mol. The molecule has 31 heavy (non-hydrogen) atoms. The topological polar surface area (TPSA) is 84.9 Å². The Balaban J connectivity index is 1.46. The Kier molecular flexibility index (Phi) is 5.88. The fourth-order valence-corrected chi connectivity index (χ4v) is 3.28. The second-order valence-corrected chi connectivity index (χ2v) is 7.84. The van der Waals surface area contributed by atoms with Crippen LogP contribution in [0.1, 0.15) is 28.8 Å². The number of amides is 2. The lowest BCUT2D eigenvalue weighted by Crippen LogP contribution is -2.45. The molecule has 1 heterocycles. The van der Waals surface area contributed by atoms with Gasteiger partial charge in [-0.2, -0.15) is 0 Å². The number of carbonyl (C=O) groups is 3. The van der Waals surface area contributed by atoms with Crippen LogP contribution >= 0.6 is 0 Å². The molecule has 0 bridgehead atoms. The van der Waals surface area contributed by atoms with E-state index < -0.39 is 5.82 Å². The van der Waals surface area contributed by atoms with Gasteiger partial charge < -0.3 is 14.8 Å². The van der Waals surface area contributed by atoms with Crippen molar-refractivity contribution in [1.82, 2.24) is 5.32 Å². The second kappa shape index (κ2) is 8.75. The Morgan fingerprint density at radius 3 is 2.81 bits per heavy atom. The van der Waals surface area contributed by atoms with E-state index in [1.165, 1.54) is 23.1 Å². The molecular formula is C23H23FN2O5. The van der Waals surface area contributed by atoms with Gasteiger partial charge in [0.2, 0.25) is 5.91 Å². The quantitative estimate of drug-likeness (QED) is 0.656. The Labute approximate surface area is 179 Å². The maximum absolute atomic E-state index is 13.8. The maximum Gasteiger partial charge on any atom is 0.265 e. The van der Waals surface area contributed by atoms with Crippen molar-refractivity contribution in [3.63, 3.8) is 0 Å². The monoisotopic (exact) mass is 426 g/mol. The predicted molar refractivity (Wildman–Crippen MR) is 111 cm³/mol. The van der Waals surface area contributed by atoms with Gasteiger partial charge in [-0.05, 0) is 61.6 Å². The van der Waals surface area contributed by atoms with Crippen LogP contribution in [-0.4, -0.2) is 43.9 Å². The van der Waals surface area contributed by atoms with Crippen molar-refractivity contribution < 1.29 is 28.2 Å². The van der Waals surface area contributed by atoms with Crippen LogP contribution in [0.3, 0.4) is 0 Å². The number of hydrogen-bond acceptors (Lipinski definition) is 5. The smallest absolute Gasteiger partial charge is 0.265 e. The molecule has 7 nitrogen and oxygen atoms in total. The molecule has 0 atom stereocenters. The van der Waals surface area contributed by atoms with Crippen LogP contribution < -0.4 is 19.7 Å². The van der Waals surface area contributed by atoms with E-state index in [2.05, 4.69) is 5.32 Å². The van der Waals surface area contributed by atoms with Crippen LogP contribution in [0.4, 0.5) is 10.1 Å². The van der Waals surface area contributed by atoms with Crippen LogP contribution in [0.5, 0.6) is 11.5 Å². The van der Waals surface area contributed by atoms with Gasteiger partial charge in [0.25, 0.3) is 5.91 Å². The molecule has 8 heteroatoms. The van der Waals surface area contributed by atoms with E-state index >= 15 is 0 Å². The summed E-state index contributed by atoms with van der Waals surface area (Å²) in [6.45, 7) is 1.71. The van der Waals surface area contributed by atoms with Crippen molar-refractivity contribution in [2.75, 3.05) is 31.2 Å². The Bertz CT molecular complexity index is 1030. The number of aryl methyl sites for hydroxylation is 1. The third kappa shape index (κ3) is 5.02. The van der Waals surface area contributed by atoms with Crippen LogP contribution in [0, 0.1) is 18.7 Å². The minimum Gasteiger partial charge on any atom is -0.482 e. The fraction of sp³-hybridized carbons (Fsp3) is 0.348. The molecule has 2 aromatic carbocycles. The number of ketones is 1. The van der Waals surface area contributed by atoms with Gasteiger partial charge >= 0.3 is 0 Å². The first-order valence-electron chi connectivity index (χ1n) is 10.2. The third-order valence-electron chi connectivity index (χ3n) is 5.26. The molecule has 1 aliphatic heterocycles. The van der Waals surface area contributed by atoms with Crippen molar-refractivity contribution >= 4 is 23.3 Å². The number of rotatable bonds is 8. The summed E-state index contributed by atoms with van der Waals surface area (Å²) in [6.07, 6.45) is 2.22. The van der Waals surface area contributed by atoms with Gasteiger partial charge in [-0.1, -0.05) is 6.07 Å². The Morgan fingerprint density at radius 2 is 2.03 bits per heavy atom. The lowest BCUT2D eigenvalue weighted by atomic mass is 10.1. The number of fused-ring (bicyclic) bond motifs is 1. The van der Waals surface area contributed by atoms with Gasteiger partial charge in [0, 0.05) is 12.1 Å². The molecule has 2 aromatic rings. The van der Waals surface area contributed by atoms with Gasteiger partial charge in [-0.15, -0.1) is 0 Å². The van der Waals surface area contributed by atoms with Gasteiger partial charge in [-0.25, -0.2) is 4.39 Å². The molecule has 0 spiro atoms. The van der Waals surface area contributed by atoms with E-state index in [-0.39, 0.29) is 48.7 Å². The minimum atomic E-state index is -0.550. The number of benzene rings is 2. The molecule has 2 aliphatic rings. The van der Waals surface area contributed by atoms with E-state index in [0.29, 0.717) is 23.9 Å². The molecular weight excluding hydrogens is 403 g/mol. The van der Waals surface area contributed by atoms with E-state index in [1.807, 2.05) is 0 Å². The standard InChI is InChI=1S/C23H23FN2O5/c1-14-2-6-17(24)21(8-14)30-12-19(27)16-5-7-20-18(9-16)26(23(29)13-31-20)11-22(28)25-10-15-3-4-15/h2,5-9,15H,3-4,10-13H2,1H3,(H,25,28). The summed E-state index contributed by atoms with van der Waals surface area (Å²) in [5, 5.41) is 2.83. The number of hydrogen-bond donors (Lipinski definition) is 1. The molecule has 1 fully saturated rings. The van der Waals surface area contributed by atoms with Crippen molar-refractivity contribution in [1.29, 1.82) is 0 Å². The summed E-state index contributed by atoms with van der Waals surface area (Å²) in [4.78, 5) is 38.6. The van der Waals surface area contributed by atoms with Crippen molar-refractivity contribution in [3.05, 3.63) is 53.3 Å². The normalized spacial score (nSPS) is 15.2. The summed E-state index contributed by atoms with van der Waals surface area (Å²) in [6, 6.07) is 9.04. The van der Waals surface area contributed by atoms with Gasteiger partial charge in [0.15, 0.2) is 30.6 Å². The third-order valence-corrected chi connectivity index (χ3v) is 5.26. The van der Waals surface area contributed by atoms with Crippen molar-refractivity contribution in [2.24, 2.45) is 5.92 Å². The number of anilines is 1. The zero-order chi connectivity index (χ0) is 22.0. The van der Waals surface area contributed by atoms with Crippen LogP contribution in [0.25, 0.3) is 0 Å². The number of nitrogens with zero attached hydrogens (tertiary/aromatic N) is 1. The fourth-order valence-electron chi connectivity index (χ4n) is 3.28. The largest absolute Gasteiger partial charge is 0.482 e. The van der Waals surface area contributed by atoms with Crippen molar-refractivity contribution in [2.45, 2.75) is 19.8 Å². The summed E-state index contributed by atoms with van der Waals surface area (Å²) in [5.41, 5.74) is 1.43. The summed E-state index contributed by atoms with van der Waals surface area (Å²) < 4.78 is 24.6. The molecule has 0 aromatic heterocycles. The highest BCUT2D eigenvalue weighted by Gasteiger charge is 2.29. The Hall–Kier alpha value is -3.42. The molecule has 4 rings (SSSR count). The molecule has 2 amide bonds. The van der Waals surface area contributed by atoms with Crippen LogP contribution in [0.2, 0.25) is 0 Å². The van der Waals surface area contributed by atoms with E-state index in [9.17, 15) is 18.8 Å². The van der Waals surface area contributed by atoms with Crippen LogP contribution in [-0.2, 0) is 9.59 Å². The highest BCUT2D eigenvalue weighted by atomic mass is 19.1. The summed E-state index contributed by atoms with van der Waals surface area (Å²) in [5.74, 6) is -0.624. The predicted octanol–water partition coefficient (Wildman–Crippen LogP) is 2.65. The zero-order valence-electron chi connectivity index (χ0n) is 17.2. The van der Waals surface area contributed by atoms with Crippen LogP contribution in [0.15, 0.2) is 36.4 Å². The Morgan fingerprint density at radius 1 is 1.23 bits per heavy atom. The maximum atomic E-state index is 13.8. The highest BCUT2D eigenvalue weighted by molar-refractivity contribution is 6.04. The minimum absolute atomic E-state index is 0.00113. The van der Waals surface area contributed by atoms with E-state index in [0.717, 1.165) is 18.4 Å². The molecule has 162 valence electrons. The van der Waals surface area contributed by atoms with Gasteiger partial charge in [0.05, 0.1) is 5.69 Å². The van der Waals surface area contributed by atoms with E-state index in [4.69, 9.17) is 9.47 Å². The number of ether oxygens (including phenoxy) is 2. The number of nitrogens with one attached hydrogen (secondary N) is 1. The number of carbonyl (C=O) groups excluding carboxylic acids is 3. The van der Waals surface area contributed by atoms with Crippen molar-refractivity contribution in [3.8, 4) is 11.5 Å². The SMILES string of the molecule is Cc1ccc(F)c(OCC(=O)c2ccc3c(c2)N(CC(=O)NCC2CC2)C(=O)CO3)c1. The molecule has 1 aliphatic carbocycles. The summed E-state index contributed by atoms with van der Waals surface area (Å²) >= 11 is 0. The molecule has 0 radical (unpaired) electrons. The number of Topliss-reactive ketones (excluding diaryl/α,β-unsaturated/α-hetero) is 1. The average Bonchev–Trinajstić information content (AvgIpc) is 3.59. The molecule has 0 unspecified atom stereocenters. The lowest BCUT2D eigenvalue weighted by Gasteiger charge is -2.29. The molecule has 1 saturated carbocycles. The second-order valence-electron chi connectivity index (χ2n) is 7.84. The summed E-state index contributed by atoms with van der Waals surface area (Å²) in [7, 11) is 0.